The van der Waals surface area contributed by atoms with Crippen LogP contribution in [0.5, 0.6) is 5.75 Å². The van der Waals surface area contributed by atoms with Crippen molar-refractivity contribution in [2.24, 2.45) is 0 Å². The van der Waals surface area contributed by atoms with E-state index in [1.807, 2.05) is 6.92 Å². The van der Waals surface area contributed by atoms with Crippen LogP contribution in [0, 0.1) is 6.92 Å². The average molecular weight is 295 g/mol. The number of aryl methyl sites for hydroxylation is 1. The Kier molecular flexibility index (Phi) is 3.33. The van der Waals surface area contributed by atoms with Gasteiger partial charge in [-0.15, -0.1) is 0 Å². The second-order valence-corrected chi connectivity index (χ2v) is 4.46. The van der Waals surface area contributed by atoms with E-state index in [1.165, 1.54) is 6.26 Å². The van der Waals surface area contributed by atoms with Gasteiger partial charge in [0.2, 0.25) is 5.78 Å². The number of carbonyl (C=O) groups is 1. The van der Waals surface area contributed by atoms with Crippen LogP contribution in [0.3, 0.4) is 0 Å². The van der Waals surface area contributed by atoms with Crippen molar-refractivity contribution >= 4 is 21.7 Å². The highest BCUT2D eigenvalue weighted by molar-refractivity contribution is 9.10. The Labute approximate surface area is 108 Å². The molecule has 0 saturated heterocycles. The molecule has 0 saturated carbocycles. The number of halogens is 1. The van der Waals surface area contributed by atoms with E-state index in [0.717, 1.165) is 5.56 Å². The molecule has 0 N–H and O–H groups in total. The average Bonchev–Trinajstić information content (AvgIpc) is 2.74. The molecule has 2 rings (SSSR count). The van der Waals surface area contributed by atoms with Gasteiger partial charge in [-0.2, -0.15) is 0 Å². The van der Waals surface area contributed by atoms with Gasteiger partial charge in [0, 0.05) is 10.0 Å². The monoisotopic (exact) mass is 294 g/mol. The van der Waals surface area contributed by atoms with Crippen LogP contribution >= 0.6 is 15.9 Å². The Morgan fingerprint density at radius 3 is 2.65 bits per heavy atom. The summed E-state index contributed by atoms with van der Waals surface area (Å²) in [7, 11) is 1.58. The van der Waals surface area contributed by atoms with Crippen LogP contribution in [0.15, 0.2) is 39.4 Å². The summed E-state index contributed by atoms with van der Waals surface area (Å²) in [6.45, 7) is 1.84. The van der Waals surface area contributed by atoms with E-state index in [4.69, 9.17) is 9.15 Å². The third-order valence-corrected chi connectivity index (χ3v) is 3.15. The zero-order chi connectivity index (χ0) is 12.4. The van der Waals surface area contributed by atoms with Crippen molar-refractivity contribution in [1.82, 2.24) is 0 Å². The summed E-state index contributed by atoms with van der Waals surface area (Å²) in [5, 5.41) is 0. The van der Waals surface area contributed by atoms with Gasteiger partial charge in [-0.05, 0) is 52.7 Å². The van der Waals surface area contributed by atoms with Crippen LogP contribution in [0.4, 0.5) is 0 Å². The Bertz CT molecular complexity index is 558. The normalized spacial score (nSPS) is 10.3. The van der Waals surface area contributed by atoms with E-state index in [1.54, 1.807) is 31.4 Å². The maximum atomic E-state index is 12.2. The summed E-state index contributed by atoms with van der Waals surface area (Å²) in [5.41, 5.74) is 1.39. The highest BCUT2D eigenvalue weighted by atomic mass is 79.9. The third-order valence-electron chi connectivity index (χ3n) is 2.49. The molecule has 0 bridgehead atoms. The SMILES string of the molecule is COc1ccc(C(=O)c2occc2C)c(Br)c1. The molecule has 1 heterocycles. The van der Waals surface area contributed by atoms with Crippen molar-refractivity contribution in [2.45, 2.75) is 6.92 Å². The summed E-state index contributed by atoms with van der Waals surface area (Å²) in [5.74, 6) is 0.933. The van der Waals surface area contributed by atoms with Gasteiger partial charge in [-0.3, -0.25) is 4.79 Å². The molecule has 0 amide bonds. The summed E-state index contributed by atoms with van der Waals surface area (Å²) in [4.78, 5) is 12.2. The van der Waals surface area contributed by atoms with Gasteiger partial charge in [0.15, 0.2) is 5.76 Å². The van der Waals surface area contributed by atoms with Crippen LogP contribution in [0.2, 0.25) is 0 Å². The molecule has 3 nitrogen and oxygen atoms in total. The highest BCUT2D eigenvalue weighted by Crippen LogP contribution is 2.26. The van der Waals surface area contributed by atoms with Crippen LogP contribution in [-0.2, 0) is 0 Å². The minimum atomic E-state index is -0.137. The molecule has 4 heteroatoms. The standard InChI is InChI=1S/C13H11BrO3/c1-8-5-6-17-13(8)12(15)10-4-3-9(16-2)7-11(10)14/h3-7H,1-2H3. The molecule has 0 aliphatic heterocycles. The molecule has 0 radical (unpaired) electrons. The number of carbonyl (C=O) groups excluding carboxylic acids is 1. The lowest BCUT2D eigenvalue weighted by Gasteiger charge is -2.05. The summed E-state index contributed by atoms with van der Waals surface area (Å²) in [6.07, 6.45) is 1.51. The first-order valence-electron chi connectivity index (χ1n) is 5.06. The quantitative estimate of drug-likeness (QED) is 0.812. The van der Waals surface area contributed by atoms with Crippen molar-refractivity contribution in [3.63, 3.8) is 0 Å². The fourth-order valence-corrected chi connectivity index (χ4v) is 2.07. The molecule has 0 spiro atoms. The molecular weight excluding hydrogens is 284 g/mol. The highest BCUT2D eigenvalue weighted by Gasteiger charge is 2.17. The zero-order valence-corrected chi connectivity index (χ0v) is 11.1. The summed E-state index contributed by atoms with van der Waals surface area (Å²) >= 11 is 3.36. The van der Waals surface area contributed by atoms with Crippen molar-refractivity contribution in [2.75, 3.05) is 7.11 Å². The van der Waals surface area contributed by atoms with Crippen LogP contribution in [0.25, 0.3) is 0 Å². The smallest absolute Gasteiger partial charge is 0.229 e. The molecule has 88 valence electrons. The molecule has 0 atom stereocenters. The minimum absolute atomic E-state index is 0.137. The van der Waals surface area contributed by atoms with Gasteiger partial charge in [0.05, 0.1) is 13.4 Å². The van der Waals surface area contributed by atoms with E-state index >= 15 is 0 Å². The second kappa shape index (κ2) is 4.75. The lowest BCUT2D eigenvalue weighted by molar-refractivity contribution is 0.101. The van der Waals surface area contributed by atoms with Gasteiger partial charge in [-0.1, -0.05) is 0 Å². The first-order valence-corrected chi connectivity index (χ1v) is 5.85. The fourth-order valence-electron chi connectivity index (χ4n) is 1.53. The topological polar surface area (TPSA) is 39.4 Å². The number of furan rings is 1. The molecule has 0 aliphatic carbocycles. The number of ether oxygens (including phenoxy) is 1. The van der Waals surface area contributed by atoms with Gasteiger partial charge >= 0.3 is 0 Å². The van der Waals surface area contributed by atoms with E-state index in [9.17, 15) is 4.79 Å². The first-order chi connectivity index (χ1) is 8.13. The largest absolute Gasteiger partial charge is 0.497 e. The van der Waals surface area contributed by atoms with E-state index < -0.39 is 0 Å². The summed E-state index contributed by atoms with van der Waals surface area (Å²) in [6, 6.07) is 6.99. The Hall–Kier alpha value is -1.55. The van der Waals surface area contributed by atoms with Crippen LogP contribution < -0.4 is 4.74 Å². The van der Waals surface area contributed by atoms with Gasteiger partial charge in [-0.25, -0.2) is 0 Å². The summed E-state index contributed by atoms with van der Waals surface area (Å²) < 4.78 is 11.0. The fraction of sp³-hybridized carbons (Fsp3) is 0.154. The van der Waals surface area contributed by atoms with Gasteiger partial charge < -0.3 is 9.15 Å². The first kappa shape index (κ1) is 11.9. The number of methoxy groups -OCH3 is 1. The molecule has 0 fully saturated rings. The minimum Gasteiger partial charge on any atom is -0.497 e. The number of ketones is 1. The van der Waals surface area contributed by atoms with Crippen molar-refractivity contribution in [3.8, 4) is 5.75 Å². The Morgan fingerprint density at radius 1 is 1.35 bits per heavy atom. The van der Waals surface area contributed by atoms with Crippen LogP contribution in [0.1, 0.15) is 21.7 Å². The van der Waals surface area contributed by atoms with Crippen molar-refractivity contribution < 1.29 is 13.9 Å². The number of rotatable bonds is 3. The number of hydrogen-bond donors (Lipinski definition) is 0. The predicted molar refractivity (Wildman–Crippen MR) is 67.6 cm³/mol. The Morgan fingerprint density at radius 2 is 2.12 bits per heavy atom. The van der Waals surface area contributed by atoms with E-state index in [0.29, 0.717) is 21.5 Å². The molecule has 0 aliphatic rings. The van der Waals surface area contributed by atoms with Gasteiger partial charge in [0.25, 0.3) is 0 Å². The van der Waals surface area contributed by atoms with E-state index in [2.05, 4.69) is 15.9 Å². The molecule has 17 heavy (non-hydrogen) atoms. The predicted octanol–water partition coefficient (Wildman–Crippen LogP) is 3.59. The van der Waals surface area contributed by atoms with Crippen molar-refractivity contribution in [3.05, 3.63) is 51.9 Å². The third kappa shape index (κ3) is 2.26. The molecule has 1 aromatic carbocycles. The van der Waals surface area contributed by atoms with Gasteiger partial charge in [0.1, 0.15) is 5.75 Å². The lowest BCUT2D eigenvalue weighted by Crippen LogP contribution is -2.02. The maximum Gasteiger partial charge on any atom is 0.229 e. The van der Waals surface area contributed by atoms with Crippen molar-refractivity contribution in [1.29, 1.82) is 0 Å². The molecule has 1 aromatic heterocycles. The lowest BCUT2D eigenvalue weighted by atomic mass is 10.1. The second-order valence-electron chi connectivity index (χ2n) is 3.61. The Balaban J connectivity index is 2.41. The molecule has 2 aromatic rings. The zero-order valence-electron chi connectivity index (χ0n) is 9.49. The maximum absolute atomic E-state index is 12.2. The number of hydrogen-bond acceptors (Lipinski definition) is 3. The molecule has 0 unspecified atom stereocenters. The molecular formula is C13H11BrO3. The van der Waals surface area contributed by atoms with E-state index in [-0.39, 0.29) is 5.78 Å². The van der Waals surface area contributed by atoms with Crippen LogP contribution in [-0.4, -0.2) is 12.9 Å². The number of benzene rings is 1.